The molecule has 0 radical (unpaired) electrons. The van der Waals surface area contributed by atoms with Gasteiger partial charge in [-0.3, -0.25) is 0 Å². The summed E-state index contributed by atoms with van der Waals surface area (Å²) in [5.74, 6) is 1.75. The zero-order valence-electron chi connectivity index (χ0n) is 7.40. The summed E-state index contributed by atoms with van der Waals surface area (Å²) >= 11 is 0. The molecule has 0 bridgehead atoms. The van der Waals surface area contributed by atoms with Crippen molar-refractivity contribution in [2.45, 2.75) is 38.3 Å². The molecule has 0 saturated heterocycles. The number of halogens is 3. The van der Waals surface area contributed by atoms with E-state index >= 15 is 0 Å². The van der Waals surface area contributed by atoms with Crippen molar-refractivity contribution in [3.8, 4) is 12.3 Å². The van der Waals surface area contributed by atoms with Crippen molar-refractivity contribution in [3.05, 3.63) is 0 Å². The second-order valence-corrected chi connectivity index (χ2v) is 3.67. The highest BCUT2D eigenvalue weighted by Crippen LogP contribution is 2.40. The van der Waals surface area contributed by atoms with Crippen molar-refractivity contribution in [1.29, 1.82) is 0 Å². The average Bonchev–Trinajstić information content (AvgIpc) is 2.04. The van der Waals surface area contributed by atoms with E-state index in [1.54, 1.807) is 0 Å². The van der Waals surface area contributed by atoms with E-state index in [1.165, 1.54) is 0 Å². The van der Waals surface area contributed by atoms with Gasteiger partial charge in [0, 0.05) is 6.42 Å². The fourth-order valence-corrected chi connectivity index (χ4v) is 1.86. The first-order chi connectivity index (χ1) is 6.04. The number of rotatable bonds is 1. The van der Waals surface area contributed by atoms with Crippen LogP contribution in [0.25, 0.3) is 0 Å². The molecule has 3 heteroatoms. The lowest BCUT2D eigenvalue weighted by Gasteiger charge is -2.28. The molecule has 1 saturated carbocycles. The van der Waals surface area contributed by atoms with Gasteiger partial charge in [-0.2, -0.15) is 13.2 Å². The standard InChI is InChI=1S/C10H13F3/c1-2-3-8-4-6-9(7-5-8)10(11,12)13/h1,8-9H,3-7H2/t8-,9-. The molecule has 1 aliphatic carbocycles. The SMILES string of the molecule is C#CC[C@H]1CC[C@H](C(F)(F)F)CC1. The smallest absolute Gasteiger partial charge is 0.171 e. The summed E-state index contributed by atoms with van der Waals surface area (Å²) in [7, 11) is 0. The molecule has 0 heterocycles. The van der Waals surface area contributed by atoms with Crippen LogP contribution in [0.1, 0.15) is 32.1 Å². The maximum Gasteiger partial charge on any atom is 0.391 e. The number of terminal acetylenes is 1. The minimum absolute atomic E-state index is 0.260. The van der Waals surface area contributed by atoms with Crippen LogP contribution in [0.4, 0.5) is 13.2 Å². The van der Waals surface area contributed by atoms with Gasteiger partial charge in [-0.15, -0.1) is 12.3 Å². The Hall–Kier alpha value is -0.650. The van der Waals surface area contributed by atoms with Crippen LogP contribution in [0.3, 0.4) is 0 Å². The van der Waals surface area contributed by atoms with Crippen molar-refractivity contribution in [1.82, 2.24) is 0 Å². The fourth-order valence-electron chi connectivity index (χ4n) is 1.86. The first kappa shape index (κ1) is 10.4. The molecule has 13 heavy (non-hydrogen) atoms. The van der Waals surface area contributed by atoms with Crippen LogP contribution in [0.2, 0.25) is 0 Å². The third-order valence-corrected chi connectivity index (χ3v) is 2.72. The first-order valence-electron chi connectivity index (χ1n) is 4.54. The van der Waals surface area contributed by atoms with Crippen LogP contribution in [-0.4, -0.2) is 6.18 Å². The predicted octanol–water partition coefficient (Wildman–Crippen LogP) is 3.38. The lowest BCUT2D eigenvalue weighted by atomic mass is 9.80. The average molecular weight is 190 g/mol. The molecular formula is C10H13F3. The second-order valence-electron chi connectivity index (χ2n) is 3.67. The Bertz CT molecular complexity index is 191. The lowest BCUT2D eigenvalue weighted by molar-refractivity contribution is -0.183. The van der Waals surface area contributed by atoms with Crippen molar-refractivity contribution in [2.24, 2.45) is 11.8 Å². The van der Waals surface area contributed by atoms with Crippen LogP contribution in [-0.2, 0) is 0 Å². The van der Waals surface area contributed by atoms with Crippen molar-refractivity contribution in [3.63, 3.8) is 0 Å². The van der Waals surface area contributed by atoms with Gasteiger partial charge in [0.25, 0.3) is 0 Å². The Morgan fingerprint density at radius 2 is 1.69 bits per heavy atom. The summed E-state index contributed by atoms with van der Waals surface area (Å²) in [5.41, 5.74) is 0. The minimum atomic E-state index is -4.00. The molecule has 0 nitrogen and oxygen atoms in total. The highest BCUT2D eigenvalue weighted by atomic mass is 19.4. The van der Waals surface area contributed by atoms with Crippen molar-refractivity contribution >= 4 is 0 Å². The van der Waals surface area contributed by atoms with Gasteiger partial charge in [0.1, 0.15) is 0 Å². The quantitative estimate of drug-likeness (QED) is 0.556. The van der Waals surface area contributed by atoms with Gasteiger partial charge in [0.05, 0.1) is 5.92 Å². The molecule has 0 aromatic heterocycles. The van der Waals surface area contributed by atoms with Crippen molar-refractivity contribution in [2.75, 3.05) is 0 Å². The van der Waals surface area contributed by atoms with E-state index in [4.69, 9.17) is 6.42 Å². The predicted molar refractivity (Wildman–Crippen MR) is 45.0 cm³/mol. The van der Waals surface area contributed by atoms with Crippen LogP contribution < -0.4 is 0 Å². The van der Waals surface area contributed by atoms with Gasteiger partial charge < -0.3 is 0 Å². The van der Waals surface area contributed by atoms with Crippen LogP contribution in [0, 0.1) is 24.2 Å². The molecule has 1 rings (SSSR count). The normalized spacial score (nSPS) is 29.7. The van der Waals surface area contributed by atoms with Crippen LogP contribution in [0.15, 0.2) is 0 Å². The molecule has 0 atom stereocenters. The Morgan fingerprint density at radius 1 is 1.15 bits per heavy atom. The monoisotopic (exact) mass is 190 g/mol. The molecule has 0 amide bonds. The van der Waals surface area contributed by atoms with E-state index in [-0.39, 0.29) is 12.8 Å². The third-order valence-electron chi connectivity index (χ3n) is 2.72. The zero-order chi connectivity index (χ0) is 9.90. The van der Waals surface area contributed by atoms with E-state index in [0.29, 0.717) is 25.2 Å². The van der Waals surface area contributed by atoms with E-state index < -0.39 is 12.1 Å². The van der Waals surface area contributed by atoms with E-state index in [2.05, 4.69) is 5.92 Å². The maximum atomic E-state index is 12.2. The summed E-state index contributed by atoms with van der Waals surface area (Å²) in [6.45, 7) is 0. The molecular weight excluding hydrogens is 177 g/mol. The highest BCUT2D eigenvalue weighted by molar-refractivity contribution is 4.89. The van der Waals surface area contributed by atoms with Gasteiger partial charge in [0.2, 0.25) is 0 Å². The van der Waals surface area contributed by atoms with E-state index in [9.17, 15) is 13.2 Å². The fraction of sp³-hybridized carbons (Fsp3) is 0.800. The van der Waals surface area contributed by atoms with Gasteiger partial charge in [-0.25, -0.2) is 0 Å². The lowest BCUT2D eigenvalue weighted by Crippen LogP contribution is -2.27. The second kappa shape index (κ2) is 4.04. The van der Waals surface area contributed by atoms with Gasteiger partial charge in [-0.1, -0.05) is 0 Å². The molecule has 0 unspecified atom stereocenters. The van der Waals surface area contributed by atoms with E-state index in [0.717, 1.165) is 0 Å². The number of alkyl halides is 3. The van der Waals surface area contributed by atoms with Gasteiger partial charge in [0.15, 0.2) is 0 Å². The minimum Gasteiger partial charge on any atom is -0.171 e. The van der Waals surface area contributed by atoms with Crippen LogP contribution >= 0.6 is 0 Å². The zero-order valence-corrected chi connectivity index (χ0v) is 7.40. The largest absolute Gasteiger partial charge is 0.391 e. The maximum absolute atomic E-state index is 12.2. The topological polar surface area (TPSA) is 0 Å². The molecule has 0 aromatic carbocycles. The summed E-state index contributed by atoms with van der Waals surface area (Å²) in [4.78, 5) is 0. The Balaban J connectivity index is 2.36. The summed E-state index contributed by atoms with van der Waals surface area (Å²) in [5, 5.41) is 0. The summed E-state index contributed by atoms with van der Waals surface area (Å²) < 4.78 is 36.6. The number of hydrogen-bond acceptors (Lipinski definition) is 0. The van der Waals surface area contributed by atoms with Gasteiger partial charge in [-0.05, 0) is 31.6 Å². The Kier molecular flexibility index (Phi) is 3.24. The van der Waals surface area contributed by atoms with Crippen LogP contribution in [0.5, 0.6) is 0 Å². The molecule has 0 aliphatic heterocycles. The molecule has 74 valence electrons. The Labute approximate surface area is 76.5 Å². The van der Waals surface area contributed by atoms with E-state index in [1.807, 2.05) is 0 Å². The van der Waals surface area contributed by atoms with Gasteiger partial charge >= 0.3 is 6.18 Å². The summed E-state index contributed by atoms with van der Waals surface area (Å²) in [6, 6.07) is 0. The third kappa shape index (κ3) is 2.95. The highest BCUT2D eigenvalue weighted by Gasteiger charge is 2.41. The molecule has 1 aliphatic rings. The molecule has 0 spiro atoms. The first-order valence-corrected chi connectivity index (χ1v) is 4.54. The molecule has 0 N–H and O–H groups in total. The number of hydrogen-bond donors (Lipinski definition) is 0. The van der Waals surface area contributed by atoms with Crippen molar-refractivity contribution < 1.29 is 13.2 Å². The molecule has 0 aromatic rings. The summed E-state index contributed by atoms with van der Waals surface area (Å²) in [6.07, 6.45) is 3.52. The Morgan fingerprint density at radius 3 is 2.08 bits per heavy atom. The molecule has 1 fully saturated rings.